The van der Waals surface area contributed by atoms with Crippen LogP contribution in [0.3, 0.4) is 0 Å². The second kappa shape index (κ2) is 3.03. The van der Waals surface area contributed by atoms with Crippen LogP contribution in [0.2, 0.25) is 0 Å². The zero-order valence-electron chi connectivity index (χ0n) is 6.89. The number of carbonyl (C=O) groups excluding carboxylic acids is 2. The van der Waals surface area contributed by atoms with Gasteiger partial charge in [-0.25, -0.2) is 0 Å². The first-order valence-corrected chi connectivity index (χ1v) is 3.92. The van der Waals surface area contributed by atoms with E-state index >= 15 is 0 Å². The van der Waals surface area contributed by atoms with Crippen molar-refractivity contribution in [3.05, 3.63) is 0 Å². The molecule has 1 rings (SSSR count). The molecule has 1 amide bonds. The first-order valence-electron chi connectivity index (χ1n) is 3.92. The Labute approximate surface area is 66.2 Å². The number of amides is 1. The Morgan fingerprint density at radius 2 is 2.00 bits per heavy atom. The van der Waals surface area contributed by atoms with Crippen molar-refractivity contribution in [3.63, 3.8) is 0 Å². The summed E-state index contributed by atoms with van der Waals surface area (Å²) in [6.45, 7) is 3.17. The highest BCUT2D eigenvalue weighted by atomic mass is 16.2. The topological polar surface area (TPSA) is 46.2 Å². The predicted molar refractivity (Wildman–Crippen MR) is 41.0 cm³/mol. The van der Waals surface area contributed by atoms with Gasteiger partial charge in [0.05, 0.1) is 6.04 Å². The zero-order chi connectivity index (χ0) is 8.43. The van der Waals surface area contributed by atoms with Crippen molar-refractivity contribution < 1.29 is 9.59 Å². The van der Waals surface area contributed by atoms with Crippen LogP contribution >= 0.6 is 0 Å². The number of rotatable bonds is 3. The maximum absolute atomic E-state index is 11.2. The van der Waals surface area contributed by atoms with Crippen molar-refractivity contribution in [1.29, 1.82) is 0 Å². The number of carbonyl (C=O) groups is 2. The summed E-state index contributed by atoms with van der Waals surface area (Å²) in [5, 5.41) is 2.58. The highest BCUT2D eigenvalue weighted by Crippen LogP contribution is 2.30. The Morgan fingerprint density at radius 3 is 2.36 bits per heavy atom. The SMILES string of the molecule is CC(=O)NC(C)C(=O)C1CC1. The second-order valence-corrected chi connectivity index (χ2v) is 3.10. The molecule has 1 saturated carbocycles. The Morgan fingerprint density at radius 1 is 1.45 bits per heavy atom. The number of hydrogen-bond donors (Lipinski definition) is 1. The van der Waals surface area contributed by atoms with Crippen LogP contribution in [-0.2, 0) is 9.59 Å². The van der Waals surface area contributed by atoms with Gasteiger partial charge in [0, 0.05) is 12.8 Å². The third kappa shape index (κ3) is 2.33. The minimum absolute atomic E-state index is 0.133. The van der Waals surface area contributed by atoms with Gasteiger partial charge in [0.2, 0.25) is 5.91 Å². The zero-order valence-corrected chi connectivity index (χ0v) is 6.89. The summed E-state index contributed by atoms with van der Waals surface area (Å²) < 4.78 is 0. The lowest BCUT2D eigenvalue weighted by atomic mass is 10.1. The van der Waals surface area contributed by atoms with Crippen LogP contribution in [-0.4, -0.2) is 17.7 Å². The van der Waals surface area contributed by atoms with Crippen LogP contribution in [0, 0.1) is 5.92 Å². The molecular formula is C8H13NO2. The predicted octanol–water partition coefficient (Wildman–Crippen LogP) is 0.490. The van der Waals surface area contributed by atoms with Gasteiger partial charge in [0.15, 0.2) is 5.78 Å². The molecular weight excluding hydrogens is 142 g/mol. The number of hydrogen-bond acceptors (Lipinski definition) is 2. The van der Waals surface area contributed by atoms with Crippen LogP contribution in [0.4, 0.5) is 0 Å². The summed E-state index contributed by atoms with van der Waals surface area (Å²) in [7, 11) is 0. The van der Waals surface area contributed by atoms with Crippen LogP contribution in [0.15, 0.2) is 0 Å². The van der Waals surface area contributed by atoms with E-state index in [1.54, 1.807) is 6.92 Å². The van der Waals surface area contributed by atoms with Crippen molar-refractivity contribution in [1.82, 2.24) is 5.32 Å². The molecule has 0 aromatic rings. The molecule has 1 N–H and O–H groups in total. The molecule has 0 aromatic carbocycles. The molecule has 1 aliphatic rings. The standard InChI is InChI=1S/C8H13NO2/c1-5(9-6(2)10)8(11)7-3-4-7/h5,7H,3-4H2,1-2H3,(H,9,10). The number of Topliss-reactive ketones (excluding diaryl/α,β-unsaturated/α-hetero) is 1. The highest BCUT2D eigenvalue weighted by Gasteiger charge is 2.32. The van der Waals surface area contributed by atoms with Gasteiger partial charge >= 0.3 is 0 Å². The van der Waals surface area contributed by atoms with Crippen molar-refractivity contribution in [3.8, 4) is 0 Å². The molecule has 0 heterocycles. The fraction of sp³-hybridized carbons (Fsp3) is 0.750. The number of nitrogens with one attached hydrogen (secondary N) is 1. The number of ketones is 1. The quantitative estimate of drug-likeness (QED) is 0.644. The van der Waals surface area contributed by atoms with E-state index in [2.05, 4.69) is 5.32 Å². The molecule has 62 valence electrons. The highest BCUT2D eigenvalue weighted by molar-refractivity contribution is 5.91. The van der Waals surface area contributed by atoms with Gasteiger partial charge in [-0.15, -0.1) is 0 Å². The average Bonchev–Trinajstić information content (AvgIpc) is 2.65. The summed E-state index contributed by atoms with van der Waals surface area (Å²) in [6.07, 6.45) is 2.01. The Bertz CT molecular complexity index is 185. The van der Waals surface area contributed by atoms with Gasteiger partial charge in [-0.2, -0.15) is 0 Å². The molecule has 0 spiro atoms. The van der Waals surface area contributed by atoms with Gasteiger partial charge in [-0.3, -0.25) is 9.59 Å². The summed E-state index contributed by atoms with van der Waals surface area (Å²) in [5.74, 6) is 0.281. The second-order valence-electron chi connectivity index (χ2n) is 3.10. The Balaban J connectivity index is 2.33. The van der Waals surface area contributed by atoms with E-state index in [1.165, 1.54) is 6.92 Å². The third-order valence-corrected chi connectivity index (χ3v) is 1.83. The van der Waals surface area contributed by atoms with E-state index in [-0.39, 0.29) is 23.7 Å². The summed E-state index contributed by atoms with van der Waals surface area (Å²) in [5.41, 5.74) is 0. The minimum Gasteiger partial charge on any atom is -0.347 e. The smallest absolute Gasteiger partial charge is 0.217 e. The van der Waals surface area contributed by atoms with E-state index < -0.39 is 0 Å². The Kier molecular flexibility index (Phi) is 2.27. The molecule has 3 nitrogen and oxygen atoms in total. The Hall–Kier alpha value is -0.860. The maximum atomic E-state index is 11.2. The fourth-order valence-corrected chi connectivity index (χ4v) is 1.10. The molecule has 0 bridgehead atoms. The molecule has 1 fully saturated rings. The molecule has 1 atom stereocenters. The van der Waals surface area contributed by atoms with Crippen LogP contribution < -0.4 is 5.32 Å². The van der Waals surface area contributed by atoms with Gasteiger partial charge < -0.3 is 5.32 Å². The van der Waals surface area contributed by atoms with E-state index in [4.69, 9.17) is 0 Å². The van der Waals surface area contributed by atoms with Crippen molar-refractivity contribution in [2.24, 2.45) is 5.92 Å². The summed E-state index contributed by atoms with van der Waals surface area (Å²) in [6, 6.07) is -0.292. The van der Waals surface area contributed by atoms with Crippen LogP contribution in [0.1, 0.15) is 26.7 Å². The maximum Gasteiger partial charge on any atom is 0.217 e. The third-order valence-electron chi connectivity index (χ3n) is 1.83. The first-order chi connectivity index (χ1) is 5.11. The summed E-state index contributed by atoms with van der Waals surface area (Å²) >= 11 is 0. The summed E-state index contributed by atoms with van der Waals surface area (Å²) in [4.78, 5) is 21.8. The lowest BCUT2D eigenvalue weighted by molar-refractivity contribution is -0.127. The van der Waals surface area contributed by atoms with E-state index in [0.29, 0.717) is 0 Å². The normalized spacial score (nSPS) is 19.1. The average molecular weight is 155 g/mol. The molecule has 0 saturated heterocycles. The van der Waals surface area contributed by atoms with Crippen LogP contribution in [0.25, 0.3) is 0 Å². The molecule has 0 aromatic heterocycles. The lowest BCUT2D eigenvalue weighted by Gasteiger charge is -2.09. The molecule has 1 aliphatic carbocycles. The van der Waals surface area contributed by atoms with Gasteiger partial charge in [0.25, 0.3) is 0 Å². The monoisotopic (exact) mass is 155 g/mol. The van der Waals surface area contributed by atoms with Gasteiger partial charge in [-0.05, 0) is 19.8 Å². The van der Waals surface area contributed by atoms with Crippen LogP contribution in [0.5, 0.6) is 0 Å². The molecule has 3 heteroatoms. The van der Waals surface area contributed by atoms with E-state index in [1.807, 2.05) is 0 Å². The first kappa shape index (κ1) is 8.24. The van der Waals surface area contributed by atoms with E-state index in [0.717, 1.165) is 12.8 Å². The minimum atomic E-state index is -0.292. The lowest BCUT2D eigenvalue weighted by Crippen LogP contribution is -2.37. The van der Waals surface area contributed by atoms with Crippen molar-refractivity contribution in [2.45, 2.75) is 32.7 Å². The molecule has 1 unspecified atom stereocenters. The fourth-order valence-electron chi connectivity index (χ4n) is 1.10. The van der Waals surface area contributed by atoms with Gasteiger partial charge in [0.1, 0.15) is 0 Å². The molecule has 0 aliphatic heterocycles. The molecule has 0 radical (unpaired) electrons. The molecule has 11 heavy (non-hydrogen) atoms. The largest absolute Gasteiger partial charge is 0.347 e. The van der Waals surface area contributed by atoms with E-state index in [9.17, 15) is 9.59 Å². The van der Waals surface area contributed by atoms with Gasteiger partial charge in [-0.1, -0.05) is 0 Å². The van der Waals surface area contributed by atoms with Crippen molar-refractivity contribution in [2.75, 3.05) is 0 Å². The van der Waals surface area contributed by atoms with Crippen molar-refractivity contribution >= 4 is 11.7 Å².